The highest BCUT2D eigenvalue weighted by Crippen LogP contribution is 2.38. The summed E-state index contributed by atoms with van der Waals surface area (Å²) in [6, 6.07) is 7.87. The fraction of sp³-hybridized carbons (Fsp3) is 0.579. The predicted octanol–water partition coefficient (Wildman–Crippen LogP) is 3.10. The lowest BCUT2D eigenvalue weighted by atomic mass is 10.2. The zero-order chi connectivity index (χ0) is 19.3. The van der Waals surface area contributed by atoms with Crippen LogP contribution in [0.2, 0.25) is 0 Å². The van der Waals surface area contributed by atoms with Crippen LogP contribution in [0.25, 0.3) is 0 Å². The fourth-order valence-electron chi connectivity index (χ4n) is 2.88. The molecule has 0 bridgehead atoms. The second-order valence-electron chi connectivity index (χ2n) is 6.91. The Labute approximate surface area is 160 Å². The van der Waals surface area contributed by atoms with Gasteiger partial charge < -0.3 is 19.9 Å². The van der Waals surface area contributed by atoms with Gasteiger partial charge in [0.25, 0.3) is 0 Å². The molecule has 0 saturated carbocycles. The monoisotopic (exact) mass is 379 g/mol. The molecule has 1 saturated heterocycles. The highest BCUT2D eigenvalue weighted by Gasteiger charge is 2.33. The van der Waals surface area contributed by atoms with Crippen molar-refractivity contribution in [1.82, 2.24) is 15.1 Å². The molecule has 0 radical (unpaired) electrons. The number of benzene rings is 1. The topological polar surface area (TPSA) is 61.9 Å². The molecule has 1 fully saturated rings. The number of nitrogens with one attached hydrogen (secondary N) is 1. The van der Waals surface area contributed by atoms with Gasteiger partial charge in [0.05, 0.1) is 12.9 Å². The van der Waals surface area contributed by atoms with Crippen molar-refractivity contribution in [3.63, 3.8) is 0 Å². The molecule has 144 valence electrons. The van der Waals surface area contributed by atoms with Crippen LogP contribution in [0, 0.1) is 0 Å². The largest absolute Gasteiger partial charge is 0.497 e. The van der Waals surface area contributed by atoms with E-state index in [2.05, 4.69) is 5.32 Å². The first kappa shape index (κ1) is 20.4. The van der Waals surface area contributed by atoms with Crippen LogP contribution in [0.15, 0.2) is 24.3 Å². The van der Waals surface area contributed by atoms with Crippen LogP contribution in [0.1, 0.15) is 38.6 Å². The third-order valence-corrected chi connectivity index (χ3v) is 5.50. The molecule has 1 aromatic rings. The van der Waals surface area contributed by atoms with E-state index in [0.29, 0.717) is 18.8 Å². The van der Waals surface area contributed by atoms with Gasteiger partial charge in [0.1, 0.15) is 11.1 Å². The van der Waals surface area contributed by atoms with Gasteiger partial charge >= 0.3 is 6.03 Å². The number of rotatable bonds is 7. The summed E-state index contributed by atoms with van der Waals surface area (Å²) in [6.07, 6.45) is 0. The van der Waals surface area contributed by atoms with Crippen LogP contribution in [-0.2, 0) is 4.79 Å². The van der Waals surface area contributed by atoms with E-state index < -0.39 is 0 Å². The summed E-state index contributed by atoms with van der Waals surface area (Å²) in [4.78, 5) is 28.4. The van der Waals surface area contributed by atoms with E-state index in [1.165, 1.54) is 0 Å². The minimum absolute atomic E-state index is 0.0180. The van der Waals surface area contributed by atoms with Crippen LogP contribution in [0.5, 0.6) is 5.75 Å². The fourth-order valence-corrected chi connectivity index (χ4v) is 4.10. The molecule has 1 atom stereocenters. The Bertz CT molecular complexity index is 619. The van der Waals surface area contributed by atoms with Gasteiger partial charge in [0.15, 0.2) is 0 Å². The summed E-state index contributed by atoms with van der Waals surface area (Å²) in [5.74, 6) is 1.38. The van der Waals surface area contributed by atoms with Gasteiger partial charge in [0.2, 0.25) is 5.91 Å². The van der Waals surface area contributed by atoms with Gasteiger partial charge in [-0.25, -0.2) is 4.79 Å². The van der Waals surface area contributed by atoms with Crippen LogP contribution >= 0.6 is 11.8 Å². The van der Waals surface area contributed by atoms with Gasteiger partial charge in [-0.05, 0) is 45.4 Å². The van der Waals surface area contributed by atoms with Gasteiger partial charge in [0, 0.05) is 25.2 Å². The summed E-state index contributed by atoms with van der Waals surface area (Å²) < 4.78 is 5.20. The molecule has 1 heterocycles. The maximum absolute atomic E-state index is 12.4. The zero-order valence-electron chi connectivity index (χ0n) is 16.2. The van der Waals surface area contributed by atoms with Gasteiger partial charge in [-0.15, -0.1) is 11.8 Å². The van der Waals surface area contributed by atoms with Crippen LogP contribution in [-0.4, -0.2) is 59.8 Å². The number of hydrogen-bond acceptors (Lipinski definition) is 4. The first-order valence-corrected chi connectivity index (χ1v) is 10.0. The number of amides is 3. The number of methoxy groups -OCH3 is 1. The number of ether oxygens (including phenoxy) is 1. The maximum Gasteiger partial charge on any atom is 0.317 e. The molecular formula is C19H29N3O3S. The van der Waals surface area contributed by atoms with Gasteiger partial charge in [-0.1, -0.05) is 12.1 Å². The summed E-state index contributed by atoms with van der Waals surface area (Å²) in [5, 5.41) is 2.91. The zero-order valence-corrected chi connectivity index (χ0v) is 17.0. The number of hydrogen-bond donors (Lipinski definition) is 1. The maximum atomic E-state index is 12.4. The number of nitrogens with zero attached hydrogens (tertiary/aromatic N) is 2. The van der Waals surface area contributed by atoms with Crippen molar-refractivity contribution in [1.29, 1.82) is 0 Å². The van der Waals surface area contributed by atoms with Crippen molar-refractivity contribution >= 4 is 23.7 Å². The molecule has 3 amide bonds. The molecule has 1 aromatic carbocycles. The predicted molar refractivity (Wildman–Crippen MR) is 105 cm³/mol. The van der Waals surface area contributed by atoms with E-state index in [0.717, 1.165) is 11.3 Å². The van der Waals surface area contributed by atoms with Crippen molar-refractivity contribution in [2.75, 3.05) is 26.0 Å². The Kier molecular flexibility index (Phi) is 7.20. The lowest BCUT2D eigenvalue weighted by Gasteiger charge is -2.31. The Morgan fingerprint density at radius 2 is 1.96 bits per heavy atom. The number of carbonyl (C=O) groups excluding carboxylic acids is 2. The molecule has 1 N–H and O–H groups in total. The highest BCUT2D eigenvalue weighted by atomic mass is 32.2. The van der Waals surface area contributed by atoms with Crippen LogP contribution in [0.4, 0.5) is 4.79 Å². The highest BCUT2D eigenvalue weighted by molar-refractivity contribution is 8.00. The van der Waals surface area contributed by atoms with E-state index in [-0.39, 0.29) is 29.4 Å². The van der Waals surface area contributed by atoms with Gasteiger partial charge in [-0.3, -0.25) is 4.79 Å². The Hall–Kier alpha value is -1.89. The summed E-state index contributed by atoms with van der Waals surface area (Å²) >= 11 is 1.62. The van der Waals surface area contributed by atoms with E-state index in [9.17, 15) is 9.59 Å². The molecule has 1 aliphatic heterocycles. The smallest absolute Gasteiger partial charge is 0.317 e. The molecule has 0 spiro atoms. The van der Waals surface area contributed by atoms with Crippen LogP contribution < -0.4 is 10.1 Å². The number of urea groups is 1. The summed E-state index contributed by atoms with van der Waals surface area (Å²) in [7, 11) is 1.64. The third kappa shape index (κ3) is 5.06. The lowest BCUT2D eigenvalue weighted by molar-refractivity contribution is -0.128. The number of carbonyl (C=O) groups is 2. The van der Waals surface area contributed by atoms with E-state index in [1.807, 2.05) is 56.9 Å². The normalized spacial score (nSPS) is 17.1. The van der Waals surface area contributed by atoms with E-state index in [4.69, 9.17) is 4.74 Å². The number of thioether (sulfide) groups is 1. The van der Waals surface area contributed by atoms with Crippen molar-refractivity contribution in [3.8, 4) is 5.75 Å². The molecule has 0 aromatic heterocycles. The van der Waals surface area contributed by atoms with Crippen molar-refractivity contribution in [2.45, 2.75) is 45.2 Å². The minimum Gasteiger partial charge on any atom is -0.497 e. The quantitative estimate of drug-likeness (QED) is 0.791. The first-order valence-electron chi connectivity index (χ1n) is 8.95. The standard InChI is InChI=1S/C19H29N3O3S/c1-13(2)20-19(24)21(14(3)4)10-11-22-17(23)12-26-18(22)15-6-8-16(25-5)9-7-15/h6-9,13-14,18H,10-12H2,1-5H3,(H,20,24). The molecule has 1 unspecified atom stereocenters. The summed E-state index contributed by atoms with van der Waals surface area (Å²) in [5.41, 5.74) is 1.07. The Morgan fingerprint density at radius 1 is 1.31 bits per heavy atom. The van der Waals surface area contributed by atoms with E-state index >= 15 is 0 Å². The van der Waals surface area contributed by atoms with E-state index in [1.54, 1.807) is 23.8 Å². The van der Waals surface area contributed by atoms with Crippen LogP contribution in [0.3, 0.4) is 0 Å². The molecule has 1 aliphatic rings. The molecular weight excluding hydrogens is 350 g/mol. The minimum atomic E-state index is -0.0877. The second-order valence-corrected chi connectivity index (χ2v) is 7.98. The second kappa shape index (κ2) is 9.16. The third-order valence-electron chi connectivity index (χ3n) is 4.25. The molecule has 6 nitrogen and oxygen atoms in total. The molecule has 0 aliphatic carbocycles. The van der Waals surface area contributed by atoms with Gasteiger partial charge in [-0.2, -0.15) is 0 Å². The molecule has 26 heavy (non-hydrogen) atoms. The first-order chi connectivity index (χ1) is 12.3. The summed E-state index contributed by atoms with van der Waals surface area (Å²) in [6.45, 7) is 8.89. The average Bonchev–Trinajstić information content (AvgIpc) is 2.95. The molecule has 2 rings (SSSR count). The SMILES string of the molecule is COc1ccc(C2SCC(=O)N2CCN(C(=O)NC(C)C)C(C)C)cc1. The van der Waals surface area contributed by atoms with Crippen molar-refractivity contribution < 1.29 is 14.3 Å². The average molecular weight is 380 g/mol. The lowest BCUT2D eigenvalue weighted by Crippen LogP contribution is -2.49. The molecule has 7 heteroatoms. The van der Waals surface area contributed by atoms with Crippen molar-refractivity contribution in [2.24, 2.45) is 0 Å². The Morgan fingerprint density at radius 3 is 2.50 bits per heavy atom. The Balaban J connectivity index is 2.06. The van der Waals surface area contributed by atoms with Crippen molar-refractivity contribution in [3.05, 3.63) is 29.8 Å².